The van der Waals surface area contributed by atoms with Crippen LogP contribution < -0.4 is 5.32 Å². The summed E-state index contributed by atoms with van der Waals surface area (Å²) in [5.41, 5.74) is 4.91. The molecule has 7 nitrogen and oxygen atoms in total. The Labute approximate surface area is 180 Å². The van der Waals surface area contributed by atoms with Gasteiger partial charge in [-0.1, -0.05) is 6.07 Å². The SMILES string of the molecule is CN1CCC(Nc2cc(-c3ccc4c(c3)cc(C(=O)O)n4C)nc3ccncc23)CC1. The number of hydrogen-bond donors (Lipinski definition) is 2. The summed E-state index contributed by atoms with van der Waals surface area (Å²) in [5, 5.41) is 15.1. The number of rotatable bonds is 4. The number of carboxylic acids is 1. The molecule has 5 rings (SSSR count). The highest BCUT2D eigenvalue weighted by Crippen LogP contribution is 2.31. The first-order valence-electron chi connectivity index (χ1n) is 10.5. The molecule has 1 saturated heterocycles. The summed E-state index contributed by atoms with van der Waals surface area (Å²) in [5.74, 6) is -0.929. The molecule has 0 bridgehead atoms. The number of anilines is 1. The number of nitrogens with one attached hydrogen (secondary N) is 1. The van der Waals surface area contributed by atoms with Gasteiger partial charge in [-0.15, -0.1) is 0 Å². The number of carboxylic acid groups (broad SMARTS) is 1. The monoisotopic (exact) mass is 415 g/mol. The zero-order valence-electron chi connectivity index (χ0n) is 17.7. The van der Waals surface area contributed by atoms with Crippen molar-refractivity contribution in [1.82, 2.24) is 19.4 Å². The molecule has 0 aliphatic carbocycles. The fourth-order valence-corrected chi connectivity index (χ4v) is 4.42. The van der Waals surface area contributed by atoms with Crippen LogP contribution in [0.3, 0.4) is 0 Å². The molecule has 0 amide bonds. The normalized spacial score (nSPS) is 15.5. The molecule has 4 aromatic rings. The lowest BCUT2D eigenvalue weighted by molar-refractivity contribution is 0.0687. The highest BCUT2D eigenvalue weighted by atomic mass is 16.4. The van der Waals surface area contributed by atoms with Crippen LogP contribution in [0.5, 0.6) is 0 Å². The Morgan fingerprint density at radius 3 is 2.71 bits per heavy atom. The van der Waals surface area contributed by atoms with Crippen molar-refractivity contribution in [3.8, 4) is 11.3 Å². The number of pyridine rings is 2. The van der Waals surface area contributed by atoms with E-state index in [4.69, 9.17) is 4.98 Å². The number of aromatic nitrogens is 3. The third-order valence-corrected chi connectivity index (χ3v) is 6.25. The summed E-state index contributed by atoms with van der Waals surface area (Å²) in [6.07, 6.45) is 5.83. The van der Waals surface area contributed by atoms with Crippen LogP contribution in [0.1, 0.15) is 23.3 Å². The van der Waals surface area contributed by atoms with Crippen molar-refractivity contribution < 1.29 is 9.90 Å². The van der Waals surface area contributed by atoms with Crippen molar-refractivity contribution in [1.29, 1.82) is 0 Å². The van der Waals surface area contributed by atoms with E-state index in [-0.39, 0.29) is 5.69 Å². The molecule has 0 unspecified atom stereocenters. The fourth-order valence-electron chi connectivity index (χ4n) is 4.42. The van der Waals surface area contributed by atoms with Gasteiger partial charge in [0.05, 0.1) is 11.2 Å². The first-order valence-corrected chi connectivity index (χ1v) is 10.5. The highest BCUT2D eigenvalue weighted by molar-refractivity contribution is 5.97. The Morgan fingerprint density at radius 1 is 1.13 bits per heavy atom. The average Bonchev–Trinajstić information content (AvgIpc) is 3.11. The Kier molecular flexibility index (Phi) is 4.82. The maximum absolute atomic E-state index is 11.5. The van der Waals surface area contributed by atoms with Gasteiger partial charge in [-0.2, -0.15) is 0 Å². The van der Waals surface area contributed by atoms with Gasteiger partial charge in [0.25, 0.3) is 0 Å². The molecule has 3 aromatic heterocycles. The van der Waals surface area contributed by atoms with Crippen LogP contribution in [-0.4, -0.2) is 56.7 Å². The second-order valence-corrected chi connectivity index (χ2v) is 8.34. The molecule has 1 aromatic carbocycles. The van der Waals surface area contributed by atoms with Crippen LogP contribution >= 0.6 is 0 Å². The number of carbonyl (C=O) groups is 1. The van der Waals surface area contributed by atoms with Gasteiger partial charge in [0.2, 0.25) is 0 Å². The minimum absolute atomic E-state index is 0.273. The van der Waals surface area contributed by atoms with Gasteiger partial charge in [-0.3, -0.25) is 4.98 Å². The zero-order valence-corrected chi connectivity index (χ0v) is 17.7. The maximum atomic E-state index is 11.5. The third-order valence-electron chi connectivity index (χ3n) is 6.25. The van der Waals surface area contributed by atoms with Gasteiger partial charge < -0.3 is 19.9 Å². The molecular formula is C24H25N5O2. The van der Waals surface area contributed by atoms with Gasteiger partial charge in [0.15, 0.2) is 0 Å². The van der Waals surface area contributed by atoms with Crippen LogP contribution in [-0.2, 0) is 7.05 Å². The molecule has 1 aliphatic heterocycles. The molecule has 31 heavy (non-hydrogen) atoms. The second-order valence-electron chi connectivity index (χ2n) is 8.34. The van der Waals surface area contributed by atoms with E-state index >= 15 is 0 Å². The number of aryl methyl sites for hydroxylation is 1. The minimum Gasteiger partial charge on any atom is -0.477 e. The van der Waals surface area contributed by atoms with Crippen molar-refractivity contribution in [3.05, 3.63) is 54.5 Å². The summed E-state index contributed by atoms with van der Waals surface area (Å²) in [4.78, 5) is 23.0. The second kappa shape index (κ2) is 7.67. The molecule has 0 atom stereocenters. The molecule has 158 valence electrons. The van der Waals surface area contributed by atoms with Crippen molar-refractivity contribution in [2.45, 2.75) is 18.9 Å². The van der Waals surface area contributed by atoms with Crippen LogP contribution in [0, 0.1) is 0 Å². The van der Waals surface area contributed by atoms with Crippen molar-refractivity contribution in [3.63, 3.8) is 0 Å². The first-order chi connectivity index (χ1) is 15.0. The third kappa shape index (κ3) is 3.61. The number of benzene rings is 1. The van der Waals surface area contributed by atoms with E-state index in [1.165, 1.54) is 0 Å². The Bertz CT molecular complexity index is 1290. The number of likely N-dealkylation sites (tertiary alicyclic amines) is 1. The Morgan fingerprint density at radius 2 is 1.94 bits per heavy atom. The smallest absolute Gasteiger partial charge is 0.352 e. The molecule has 7 heteroatoms. The largest absolute Gasteiger partial charge is 0.477 e. The summed E-state index contributed by atoms with van der Waals surface area (Å²) in [6, 6.07) is 12.1. The topological polar surface area (TPSA) is 83.3 Å². The fraction of sp³-hybridized carbons (Fsp3) is 0.292. The molecule has 1 fully saturated rings. The van der Waals surface area contributed by atoms with E-state index in [1.54, 1.807) is 23.9 Å². The molecule has 0 saturated carbocycles. The number of nitrogens with zero attached hydrogens (tertiary/aromatic N) is 4. The average molecular weight is 415 g/mol. The molecule has 0 radical (unpaired) electrons. The Balaban J connectivity index is 1.57. The van der Waals surface area contributed by atoms with E-state index in [0.29, 0.717) is 6.04 Å². The predicted octanol–water partition coefficient (Wildman–Crippen LogP) is 3.99. The van der Waals surface area contributed by atoms with E-state index in [1.807, 2.05) is 30.5 Å². The molecule has 2 N–H and O–H groups in total. The first kappa shape index (κ1) is 19.5. The Hall–Kier alpha value is -3.45. The van der Waals surface area contributed by atoms with Crippen LogP contribution in [0.2, 0.25) is 0 Å². The highest BCUT2D eigenvalue weighted by Gasteiger charge is 2.18. The van der Waals surface area contributed by atoms with Crippen LogP contribution in [0.4, 0.5) is 5.69 Å². The van der Waals surface area contributed by atoms with Gasteiger partial charge in [-0.25, -0.2) is 9.78 Å². The number of aromatic carboxylic acids is 1. The van der Waals surface area contributed by atoms with Gasteiger partial charge in [-0.05, 0) is 63.3 Å². The van der Waals surface area contributed by atoms with E-state index in [9.17, 15) is 9.90 Å². The van der Waals surface area contributed by atoms with Crippen molar-refractivity contribution in [2.75, 3.05) is 25.5 Å². The summed E-state index contributed by atoms with van der Waals surface area (Å²) < 4.78 is 1.70. The maximum Gasteiger partial charge on any atom is 0.352 e. The summed E-state index contributed by atoms with van der Waals surface area (Å²) in [7, 11) is 3.94. The quantitative estimate of drug-likeness (QED) is 0.524. The number of fused-ring (bicyclic) bond motifs is 2. The lowest BCUT2D eigenvalue weighted by Crippen LogP contribution is -2.36. The minimum atomic E-state index is -0.929. The number of piperidine rings is 1. The van der Waals surface area contributed by atoms with Gasteiger partial charge in [0, 0.05) is 53.0 Å². The van der Waals surface area contributed by atoms with Crippen molar-refractivity contribution in [2.24, 2.45) is 7.05 Å². The lowest BCUT2D eigenvalue weighted by Gasteiger charge is -2.30. The van der Waals surface area contributed by atoms with Gasteiger partial charge >= 0.3 is 5.97 Å². The molecule has 4 heterocycles. The van der Waals surface area contributed by atoms with E-state index < -0.39 is 5.97 Å². The summed E-state index contributed by atoms with van der Waals surface area (Å²) >= 11 is 0. The lowest BCUT2D eigenvalue weighted by atomic mass is 10.0. The van der Waals surface area contributed by atoms with Crippen molar-refractivity contribution >= 4 is 33.5 Å². The van der Waals surface area contributed by atoms with Crippen LogP contribution in [0.25, 0.3) is 33.1 Å². The molecular weight excluding hydrogens is 390 g/mol. The van der Waals surface area contributed by atoms with E-state index in [2.05, 4.69) is 28.3 Å². The van der Waals surface area contributed by atoms with E-state index in [0.717, 1.165) is 64.7 Å². The molecule has 0 spiro atoms. The van der Waals surface area contributed by atoms with Gasteiger partial charge in [0.1, 0.15) is 5.69 Å². The molecule has 1 aliphatic rings. The predicted molar refractivity (Wildman–Crippen MR) is 123 cm³/mol. The standard InChI is InChI=1S/C24H25N5O2/c1-28-9-6-17(7-10-28)26-21-13-20(27-19-5-8-25-14-18(19)21)15-3-4-22-16(11-15)12-23(24(30)31)29(22)2/h3-5,8,11-14,17H,6-7,9-10H2,1-2H3,(H,26,27)(H,30,31). The number of hydrogen-bond acceptors (Lipinski definition) is 5. The zero-order chi connectivity index (χ0) is 21.5. The summed E-state index contributed by atoms with van der Waals surface area (Å²) in [6.45, 7) is 2.17. The van der Waals surface area contributed by atoms with Crippen LogP contribution in [0.15, 0.2) is 48.8 Å².